The van der Waals surface area contributed by atoms with Crippen LogP contribution < -0.4 is 0 Å². The smallest absolute Gasteiger partial charge is 0.184 e. The number of benzene rings is 2. The molecule has 2 aromatic carbocycles. The van der Waals surface area contributed by atoms with E-state index < -0.39 is 0 Å². The molecule has 0 bridgehead atoms. The Balaban J connectivity index is 1.54. The molecular weight excluding hydrogens is 534 g/mol. The molecule has 0 aliphatic heterocycles. The fourth-order valence-corrected chi connectivity index (χ4v) is 5.46. The van der Waals surface area contributed by atoms with Gasteiger partial charge in [-0.25, -0.2) is 9.50 Å². The van der Waals surface area contributed by atoms with Crippen LogP contribution in [-0.4, -0.2) is 14.6 Å². The van der Waals surface area contributed by atoms with Gasteiger partial charge in [-0.05, 0) is 85.9 Å². The highest BCUT2D eigenvalue weighted by Crippen LogP contribution is 2.41. The Kier molecular flexibility index (Phi) is 6.78. The number of fused-ring (bicyclic) bond motifs is 2. The van der Waals surface area contributed by atoms with Gasteiger partial charge < -0.3 is 8.83 Å². The molecule has 0 amide bonds. The number of rotatable bonds is 5. The fourth-order valence-electron chi connectivity index (χ4n) is 5.34. The topological polar surface area (TPSA) is 81.2 Å². The van der Waals surface area contributed by atoms with Gasteiger partial charge in [0.15, 0.2) is 17.1 Å². The first-order chi connectivity index (χ1) is 20.2. The molecule has 0 spiro atoms. The monoisotopic (exact) mass is 559 g/mol. The normalized spacial score (nSPS) is 14.9. The van der Waals surface area contributed by atoms with Crippen LogP contribution in [0.4, 0.5) is 11.4 Å². The van der Waals surface area contributed by atoms with Crippen LogP contribution in [0.1, 0.15) is 42.7 Å². The van der Waals surface area contributed by atoms with Gasteiger partial charge in [-0.3, -0.25) is 0 Å². The summed E-state index contributed by atoms with van der Waals surface area (Å²) in [6.45, 7) is 0. The lowest BCUT2D eigenvalue weighted by molar-refractivity contribution is 0.557. The summed E-state index contributed by atoms with van der Waals surface area (Å²) >= 11 is 6.10. The highest BCUT2D eigenvalue weighted by Gasteiger charge is 2.27. The van der Waals surface area contributed by atoms with Gasteiger partial charge in [0.2, 0.25) is 0 Å². The molecule has 4 heterocycles. The molecule has 0 atom stereocenters. The maximum atomic E-state index is 6.10. The summed E-state index contributed by atoms with van der Waals surface area (Å²) in [6.07, 6.45) is 10.5. The average Bonchev–Trinajstić information content (AvgIpc) is 3.77. The number of hydrogen-bond acceptors (Lipinski definition) is 6. The minimum atomic E-state index is 0.584. The second-order valence-corrected chi connectivity index (χ2v) is 10.4. The van der Waals surface area contributed by atoms with Crippen molar-refractivity contribution >= 4 is 40.3 Å². The van der Waals surface area contributed by atoms with Gasteiger partial charge in [-0.2, -0.15) is 10.2 Å². The zero-order valence-electron chi connectivity index (χ0n) is 22.2. The van der Waals surface area contributed by atoms with E-state index in [-0.39, 0.29) is 0 Å². The van der Waals surface area contributed by atoms with Crippen molar-refractivity contribution in [2.75, 3.05) is 0 Å². The average molecular weight is 560 g/mol. The Morgan fingerprint density at radius 1 is 0.780 bits per heavy atom. The van der Waals surface area contributed by atoms with E-state index in [4.69, 9.17) is 35.6 Å². The molecule has 4 aromatic heterocycles. The number of allylic oxidation sites excluding steroid dienone is 1. The van der Waals surface area contributed by atoms with E-state index in [0.29, 0.717) is 27.7 Å². The lowest BCUT2D eigenvalue weighted by atomic mass is 9.91. The van der Waals surface area contributed by atoms with Crippen molar-refractivity contribution < 1.29 is 8.83 Å². The third-order valence-electron chi connectivity index (χ3n) is 7.27. The molecule has 0 radical (unpaired) electrons. The van der Waals surface area contributed by atoms with Crippen molar-refractivity contribution in [1.82, 2.24) is 14.6 Å². The molecule has 0 N–H and O–H groups in total. The summed E-state index contributed by atoms with van der Waals surface area (Å²) in [7, 11) is 0. The summed E-state index contributed by atoms with van der Waals surface area (Å²) in [4.78, 5) is 5.30. The lowest BCUT2D eigenvalue weighted by Crippen LogP contribution is -2.09. The van der Waals surface area contributed by atoms with E-state index >= 15 is 0 Å². The standard InChI is InChI=1S/C33H26ClN5O2/c34-24-15-17-25(18-16-24)36-37-31-30(22-9-3-1-4-10-22)38-39-32(28-14-8-20-41-28)27-13-6-2-5-11-23(29(27)35-33(31)39)21-26-12-7-19-40-26/h1,3-4,7-10,12,14-21H,2,5-6,11,13H2/b23-21+,37-36?. The number of nitrogens with zero attached hydrogens (tertiary/aromatic N) is 5. The largest absolute Gasteiger partial charge is 0.465 e. The molecule has 41 heavy (non-hydrogen) atoms. The van der Waals surface area contributed by atoms with E-state index in [1.165, 1.54) is 0 Å². The molecule has 0 saturated carbocycles. The molecular formula is C33H26ClN5O2. The van der Waals surface area contributed by atoms with Crippen LogP contribution >= 0.6 is 11.6 Å². The third-order valence-corrected chi connectivity index (χ3v) is 7.52. The highest BCUT2D eigenvalue weighted by molar-refractivity contribution is 6.30. The molecule has 8 heteroatoms. The summed E-state index contributed by atoms with van der Waals surface area (Å²) < 4.78 is 13.6. The fraction of sp³-hybridized carbons (Fsp3) is 0.152. The summed E-state index contributed by atoms with van der Waals surface area (Å²) in [5.74, 6) is 1.53. The summed E-state index contributed by atoms with van der Waals surface area (Å²) in [5.41, 5.74) is 7.52. The predicted molar refractivity (Wildman–Crippen MR) is 161 cm³/mol. The van der Waals surface area contributed by atoms with Crippen LogP contribution in [0.15, 0.2) is 110 Å². The van der Waals surface area contributed by atoms with Gasteiger partial charge in [0.25, 0.3) is 0 Å². The SMILES string of the molecule is Clc1ccc(N=Nc2c(-c3ccccc3)nn3c(-c4ccco4)c4c(nc23)/C(=C/c2ccco2)CCCCC4)cc1. The van der Waals surface area contributed by atoms with Crippen molar-refractivity contribution in [3.8, 4) is 22.7 Å². The predicted octanol–water partition coefficient (Wildman–Crippen LogP) is 9.98. The maximum absolute atomic E-state index is 6.10. The summed E-state index contributed by atoms with van der Waals surface area (Å²) in [6, 6.07) is 25.0. The third kappa shape index (κ3) is 5.00. The van der Waals surface area contributed by atoms with Crippen LogP contribution in [0.25, 0.3) is 40.0 Å². The Morgan fingerprint density at radius 2 is 1.59 bits per heavy atom. The first-order valence-electron chi connectivity index (χ1n) is 13.7. The van der Waals surface area contributed by atoms with Crippen molar-refractivity contribution in [1.29, 1.82) is 0 Å². The zero-order chi connectivity index (χ0) is 27.6. The molecule has 7 rings (SSSR count). The highest BCUT2D eigenvalue weighted by atomic mass is 35.5. The molecule has 202 valence electrons. The molecule has 1 aliphatic rings. The number of furan rings is 2. The molecule has 0 unspecified atom stereocenters. The van der Waals surface area contributed by atoms with Crippen molar-refractivity contribution in [2.24, 2.45) is 10.2 Å². The van der Waals surface area contributed by atoms with Crippen molar-refractivity contribution in [2.45, 2.75) is 32.1 Å². The second-order valence-electron chi connectivity index (χ2n) is 9.99. The van der Waals surface area contributed by atoms with Gasteiger partial charge in [0.05, 0.1) is 23.9 Å². The number of azo groups is 1. The molecule has 0 saturated heterocycles. The van der Waals surface area contributed by atoms with Crippen LogP contribution in [0.5, 0.6) is 0 Å². The van der Waals surface area contributed by atoms with E-state index in [1.807, 2.05) is 71.2 Å². The van der Waals surface area contributed by atoms with Gasteiger partial charge in [0, 0.05) is 16.1 Å². The van der Waals surface area contributed by atoms with Gasteiger partial charge in [-0.1, -0.05) is 48.4 Å². The van der Waals surface area contributed by atoms with E-state index in [0.717, 1.165) is 71.7 Å². The van der Waals surface area contributed by atoms with Crippen molar-refractivity contribution in [3.05, 3.63) is 113 Å². The first-order valence-corrected chi connectivity index (χ1v) is 14.1. The van der Waals surface area contributed by atoms with E-state index in [2.05, 4.69) is 11.2 Å². The van der Waals surface area contributed by atoms with Crippen LogP contribution in [-0.2, 0) is 6.42 Å². The Hall–Kier alpha value is -4.75. The molecule has 0 fully saturated rings. The van der Waals surface area contributed by atoms with E-state index in [9.17, 15) is 0 Å². The number of halogens is 1. The maximum Gasteiger partial charge on any atom is 0.184 e. The molecule has 7 nitrogen and oxygen atoms in total. The van der Waals surface area contributed by atoms with Crippen LogP contribution in [0.2, 0.25) is 5.02 Å². The molecule has 1 aliphatic carbocycles. The van der Waals surface area contributed by atoms with Crippen molar-refractivity contribution in [3.63, 3.8) is 0 Å². The zero-order valence-corrected chi connectivity index (χ0v) is 23.0. The Bertz CT molecular complexity index is 1850. The summed E-state index contributed by atoms with van der Waals surface area (Å²) in [5, 5.41) is 15.1. The number of hydrogen-bond donors (Lipinski definition) is 0. The Labute approximate surface area is 241 Å². The lowest BCUT2D eigenvalue weighted by Gasteiger charge is -2.19. The number of aromatic nitrogens is 3. The van der Waals surface area contributed by atoms with Crippen LogP contribution in [0, 0.1) is 0 Å². The van der Waals surface area contributed by atoms with E-state index in [1.54, 1.807) is 24.7 Å². The quantitative estimate of drug-likeness (QED) is 0.197. The van der Waals surface area contributed by atoms with Gasteiger partial charge in [-0.15, -0.1) is 5.11 Å². The first kappa shape index (κ1) is 25.2. The van der Waals surface area contributed by atoms with Gasteiger partial charge >= 0.3 is 0 Å². The minimum absolute atomic E-state index is 0.584. The Morgan fingerprint density at radius 3 is 2.37 bits per heavy atom. The minimum Gasteiger partial charge on any atom is -0.465 e. The molecule has 6 aromatic rings. The van der Waals surface area contributed by atoms with Crippen LogP contribution in [0.3, 0.4) is 0 Å². The van der Waals surface area contributed by atoms with Gasteiger partial charge in [0.1, 0.15) is 17.1 Å². The second kappa shape index (κ2) is 11.0.